The Kier molecular flexibility index (Phi) is 6.05. The second-order valence-corrected chi connectivity index (χ2v) is 8.09. The lowest BCUT2D eigenvalue weighted by molar-refractivity contribution is 0.0801. The first-order valence-corrected chi connectivity index (χ1v) is 9.89. The molecule has 8 heteroatoms. The molecule has 0 aromatic carbocycles. The summed E-state index contributed by atoms with van der Waals surface area (Å²) in [6.45, 7) is 3.66. The van der Waals surface area contributed by atoms with Gasteiger partial charge in [0.1, 0.15) is 0 Å². The molecule has 2 heterocycles. The molecule has 0 aromatic heterocycles. The molecule has 2 amide bonds. The van der Waals surface area contributed by atoms with Gasteiger partial charge in [0.25, 0.3) is 0 Å². The number of carbonyl (C=O) groups excluding carboxylic acids is 1. The van der Waals surface area contributed by atoms with Gasteiger partial charge in [-0.15, -0.1) is 0 Å². The quantitative estimate of drug-likeness (QED) is 0.774. The zero-order valence-corrected chi connectivity index (χ0v) is 14.2. The summed E-state index contributed by atoms with van der Waals surface area (Å²) in [6.07, 6.45) is 6.03. The molecule has 2 aliphatic heterocycles. The first-order valence-electron chi connectivity index (χ1n) is 8.00. The van der Waals surface area contributed by atoms with Gasteiger partial charge in [-0.25, -0.2) is 17.9 Å². The van der Waals surface area contributed by atoms with Crippen molar-refractivity contribution in [3.05, 3.63) is 0 Å². The number of ether oxygens (including phenoxy) is 1. The maximum absolute atomic E-state index is 12.5. The number of carbonyl (C=O) groups is 1. The summed E-state index contributed by atoms with van der Waals surface area (Å²) in [4.78, 5) is 14.2. The van der Waals surface area contributed by atoms with Crippen LogP contribution in [-0.4, -0.2) is 63.5 Å². The van der Waals surface area contributed by atoms with Crippen LogP contribution in [0.5, 0.6) is 0 Å². The van der Waals surface area contributed by atoms with Gasteiger partial charge >= 0.3 is 6.03 Å². The zero-order valence-electron chi connectivity index (χ0n) is 13.4. The van der Waals surface area contributed by atoms with Gasteiger partial charge in [0, 0.05) is 25.7 Å². The predicted octanol–water partition coefficient (Wildman–Crippen LogP) is 0.667. The van der Waals surface area contributed by atoms with Crippen molar-refractivity contribution in [3.63, 3.8) is 0 Å². The lowest BCUT2D eigenvalue weighted by Gasteiger charge is -2.37. The normalized spacial score (nSPS) is 27.6. The average molecular weight is 333 g/mol. The van der Waals surface area contributed by atoms with Crippen LogP contribution in [0.4, 0.5) is 4.79 Å². The molecule has 2 N–H and O–H groups in total. The van der Waals surface area contributed by atoms with E-state index in [1.54, 1.807) is 4.90 Å². The number of piperidine rings is 1. The zero-order chi connectivity index (χ0) is 16.2. The molecule has 0 saturated carbocycles. The lowest BCUT2D eigenvalue weighted by Crippen LogP contribution is -2.55. The van der Waals surface area contributed by atoms with Crippen LogP contribution in [-0.2, 0) is 14.8 Å². The van der Waals surface area contributed by atoms with E-state index in [1.165, 1.54) is 0 Å². The predicted molar refractivity (Wildman–Crippen MR) is 84.2 cm³/mol. The molecule has 0 radical (unpaired) electrons. The Balaban J connectivity index is 1.89. The fraction of sp³-hybridized carbons (Fsp3) is 0.929. The summed E-state index contributed by atoms with van der Waals surface area (Å²) in [6, 6.07) is -0.233. The van der Waals surface area contributed by atoms with Gasteiger partial charge in [0.2, 0.25) is 10.0 Å². The van der Waals surface area contributed by atoms with Gasteiger partial charge in [-0.1, -0.05) is 0 Å². The van der Waals surface area contributed by atoms with Crippen LogP contribution in [0.1, 0.15) is 39.0 Å². The third-order valence-electron chi connectivity index (χ3n) is 4.34. The molecule has 2 rings (SSSR count). The molecular weight excluding hydrogens is 306 g/mol. The van der Waals surface area contributed by atoms with Crippen LogP contribution in [0.15, 0.2) is 0 Å². The van der Waals surface area contributed by atoms with Crippen molar-refractivity contribution in [2.45, 2.75) is 57.2 Å². The third kappa shape index (κ3) is 5.10. The maximum Gasteiger partial charge on any atom is 0.317 e. The highest BCUT2D eigenvalue weighted by molar-refractivity contribution is 7.88. The second-order valence-electron chi connectivity index (χ2n) is 6.25. The highest BCUT2D eigenvalue weighted by Gasteiger charge is 2.30. The van der Waals surface area contributed by atoms with Crippen molar-refractivity contribution in [1.29, 1.82) is 0 Å². The molecule has 0 unspecified atom stereocenters. The number of rotatable bonds is 5. The van der Waals surface area contributed by atoms with E-state index in [0.717, 1.165) is 45.0 Å². The maximum atomic E-state index is 12.5. The lowest BCUT2D eigenvalue weighted by atomic mass is 10.0. The molecule has 0 aliphatic carbocycles. The van der Waals surface area contributed by atoms with E-state index in [2.05, 4.69) is 10.0 Å². The van der Waals surface area contributed by atoms with E-state index < -0.39 is 10.0 Å². The Hall–Kier alpha value is -0.860. The first kappa shape index (κ1) is 17.5. The van der Waals surface area contributed by atoms with E-state index in [1.807, 2.05) is 6.92 Å². The van der Waals surface area contributed by atoms with E-state index in [0.29, 0.717) is 6.54 Å². The van der Waals surface area contributed by atoms with Crippen LogP contribution in [0.3, 0.4) is 0 Å². The van der Waals surface area contributed by atoms with Crippen molar-refractivity contribution < 1.29 is 17.9 Å². The Morgan fingerprint density at radius 3 is 2.73 bits per heavy atom. The minimum atomic E-state index is -3.24. The SMILES string of the molecule is C[C@H](NC(=O)N1CCCC[C@H]1CNS(C)(=O)=O)[C@H]1CCCO1. The van der Waals surface area contributed by atoms with Gasteiger partial charge in [-0.3, -0.25) is 0 Å². The first-order chi connectivity index (χ1) is 10.4. The summed E-state index contributed by atoms with van der Waals surface area (Å²) in [7, 11) is -3.24. The molecule has 128 valence electrons. The molecule has 22 heavy (non-hydrogen) atoms. The van der Waals surface area contributed by atoms with Crippen molar-refractivity contribution in [2.75, 3.05) is 26.0 Å². The highest BCUT2D eigenvalue weighted by atomic mass is 32.2. The molecule has 0 spiro atoms. The number of hydrogen-bond donors (Lipinski definition) is 2. The molecular formula is C14H27N3O4S. The van der Waals surface area contributed by atoms with Crippen LogP contribution < -0.4 is 10.0 Å². The Morgan fingerprint density at radius 1 is 1.32 bits per heavy atom. The summed E-state index contributed by atoms with van der Waals surface area (Å²) in [5.41, 5.74) is 0. The third-order valence-corrected chi connectivity index (χ3v) is 5.03. The van der Waals surface area contributed by atoms with E-state index in [-0.39, 0.29) is 30.8 Å². The number of likely N-dealkylation sites (tertiary alicyclic amines) is 1. The Morgan fingerprint density at radius 2 is 2.09 bits per heavy atom. The number of hydrogen-bond acceptors (Lipinski definition) is 4. The molecule has 2 saturated heterocycles. The smallest absolute Gasteiger partial charge is 0.317 e. The minimum absolute atomic E-state index is 0.0274. The monoisotopic (exact) mass is 333 g/mol. The van der Waals surface area contributed by atoms with Crippen LogP contribution in [0.2, 0.25) is 0 Å². The molecule has 3 atom stereocenters. The van der Waals surface area contributed by atoms with Crippen molar-refractivity contribution in [2.24, 2.45) is 0 Å². The Bertz CT molecular complexity index is 476. The van der Waals surface area contributed by atoms with Gasteiger partial charge in [-0.2, -0.15) is 0 Å². The summed E-state index contributed by atoms with van der Waals surface area (Å²) in [5.74, 6) is 0. The largest absolute Gasteiger partial charge is 0.376 e. The topological polar surface area (TPSA) is 87.7 Å². The molecule has 2 aliphatic rings. The van der Waals surface area contributed by atoms with E-state index in [9.17, 15) is 13.2 Å². The fourth-order valence-electron chi connectivity index (χ4n) is 3.10. The second kappa shape index (κ2) is 7.61. The summed E-state index contributed by atoms with van der Waals surface area (Å²) >= 11 is 0. The van der Waals surface area contributed by atoms with E-state index in [4.69, 9.17) is 4.74 Å². The van der Waals surface area contributed by atoms with Crippen molar-refractivity contribution >= 4 is 16.1 Å². The van der Waals surface area contributed by atoms with E-state index >= 15 is 0 Å². The number of sulfonamides is 1. The van der Waals surface area contributed by atoms with Crippen LogP contribution >= 0.6 is 0 Å². The summed E-state index contributed by atoms with van der Waals surface area (Å²) < 4.78 is 30.6. The molecule has 0 aromatic rings. The number of urea groups is 1. The number of nitrogens with zero attached hydrogens (tertiary/aromatic N) is 1. The molecule has 0 bridgehead atoms. The number of amides is 2. The van der Waals surface area contributed by atoms with Gasteiger partial charge in [0.15, 0.2) is 0 Å². The average Bonchev–Trinajstić information content (AvgIpc) is 2.99. The highest BCUT2D eigenvalue weighted by Crippen LogP contribution is 2.19. The summed E-state index contributed by atoms with van der Waals surface area (Å²) in [5, 5.41) is 3.00. The fourth-order valence-corrected chi connectivity index (χ4v) is 3.59. The van der Waals surface area contributed by atoms with Crippen LogP contribution in [0, 0.1) is 0 Å². The van der Waals surface area contributed by atoms with Crippen molar-refractivity contribution in [3.8, 4) is 0 Å². The minimum Gasteiger partial charge on any atom is -0.376 e. The van der Waals surface area contributed by atoms with Crippen molar-refractivity contribution in [1.82, 2.24) is 14.9 Å². The number of nitrogens with one attached hydrogen (secondary N) is 2. The van der Waals surface area contributed by atoms with Gasteiger partial charge in [0.05, 0.1) is 18.4 Å². The molecule has 7 nitrogen and oxygen atoms in total. The molecule has 2 fully saturated rings. The van der Waals surface area contributed by atoms with Gasteiger partial charge in [-0.05, 0) is 39.0 Å². The van der Waals surface area contributed by atoms with Crippen LogP contribution in [0.25, 0.3) is 0 Å². The van der Waals surface area contributed by atoms with Gasteiger partial charge < -0.3 is 15.0 Å². The Labute approximate surface area is 132 Å². The standard InChI is InChI=1S/C14H27N3O4S/c1-11(13-7-5-9-21-13)16-14(18)17-8-4-3-6-12(17)10-15-22(2,19)20/h11-13,15H,3-10H2,1-2H3,(H,16,18)/t11-,12-,13+/m0/s1.